The fraction of sp³-hybridized carbons (Fsp3) is 0.345. The van der Waals surface area contributed by atoms with Crippen LogP contribution in [0.1, 0.15) is 37.9 Å². The fourth-order valence-corrected chi connectivity index (χ4v) is 4.57. The van der Waals surface area contributed by atoms with Crippen molar-refractivity contribution in [3.63, 3.8) is 0 Å². The Hall–Kier alpha value is -4.41. The van der Waals surface area contributed by atoms with E-state index >= 15 is 0 Å². The molecule has 224 valence electrons. The Morgan fingerprint density at radius 3 is 2.60 bits per heavy atom. The first-order chi connectivity index (χ1) is 20.2. The number of urea groups is 1. The third kappa shape index (κ3) is 8.31. The number of aliphatic hydroxyl groups is 1. The minimum Gasteiger partial charge on any atom is -0.490 e. The number of carbonyl (C=O) groups excluding carboxylic acids is 2. The van der Waals surface area contributed by atoms with Gasteiger partial charge >= 0.3 is 12.0 Å². The molecule has 0 saturated carbocycles. The number of esters is 1. The lowest BCUT2D eigenvalue weighted by Crippen LogP contribution is -2.45. The number of allylic oxidation sites excluding steroid dienone is 1. The van der Waals surface area contributed by atoms with Crippen LogP contribution in [0.15, 0.2) is 51.2 Å². The molecule has 2 aromatic carbocycles. The van der Waals surface area contributed by atoms with Crippen molar-refractivity contribution >= 4 is 34.1 Å². The molecule has 0 saturated heterocycles. The predicted octanol–water partition coefficient (Wildman–Crippen LogP) is 3.38. The summed E-state index contributed by atoms with van der Waals surface area (Å²) in [5.74, 6) is 3.53. The minimum absolute atomic E-state index is 0.0907. The Morgan fingerprint density at radius 1 is 1.17 bits per heavy atom. The molecule has 0 unspecified atom stereocenters. The summed E-state index contributed by atoms with van der Waals surface area (Å²) in [7, 11) is 1.27. The van der Waals surface area contributed by atoms with E-state index in [9.17, 15) is 14.7 Å². The Bertz CT molecular complexity index is 1390. The number of aliphatic hydroxyl groups excluding tert-OH is 1. The van der Waals surface area contributed by atoms with Gasteiger partial charge < -0.3 is 39.4 Å². The zero-order chi connectivity index (χ0) is 30.6. The van der Waals surface area contributed by atoms with Crippen molar-refractivity contribution in [1.29, 1.82) is 0 Å². The van der Waals surface area contributed by atoms with Gasteiger partial charge in [0.25, 0.3) is 0 Å². The van der Waals surface area contributed by atoms with Crippen LogP contribution in [0.2, 0.25) is 0 Å². The Labute approximate surface area is 252 Å². The second-order valence-corrected chi connectivity index (χ2v) is 9.53. The standard InChI is InChI=1S/C29H33BrN4O8/c1-6-11-41-27-20(30)12-18(13-23(27)40-8-3)15-31-34-24(35)16-42-21-10-9-19(14-22(21)39-7-2)26-25(28(36)38-5)17(4)32-29(37)33-26/h1,9-10,12-15,24,26,34-35H,7-8,11,16H2,2-5H3,(H2,32,33,37)/b31-15-/t24-,26+/m1/s1. The average molecular weight is 646 g/mol. The first-order valence-corrected chi connectivity index (χ1v) is 13.8. The molecule has 2 amide bonds. The molecule has 0 fully saturated rings. The molecular weight excluding hydrogens is 612 g/mol. The van der Waals surface area contributed by atoms with Gasteiger partial charge in [-0.1, -0.05) is 12.0 Å². The Morgan fingerprint density at radius 2 is 1.90 bits per heavy atom. The number of carbonyl (C=O) groups is 2. The van der Waals surface area contributed by atoms with Gasteiger partial charge in [-0.15, -0.1) is 6.42 Å². The van der Waals surface area contributed by atoms with Crippen molar-refractivity contribution in [1.82, 2.24) is 16.1 Å². The third-order valence-corrected chi connectivity index (χ3v) is 6.33. The van der Waals surface area contributed by atoms with E-state index in [1.807, 2.05) is 6.92 Å². The lowest BCUT2D eigenvalue weighted by Gasteiger charge is -2.28. The van der Waals surface area contributed by atoms with Gasteiger partial charge in [0.2, 0.25) is 0 Å². The molecule has 0 aromatic heterocycles. The third-order valence-electron chi connectivity index (χ3n) is 5.74. The zero-order valence-electron chi connectivity index (χ0n) is 23.7. The average Bonchev–Trinajstić information content (AvgIpc) is 2.95. The van der Waals surface area contributed by atoms with E-state index < -0.39 is 24.3 Å². The van der Waals surface area contributed by atoms with E-state index in [-0.39, 0.29) is 18.8 Å². The molecule has 4 N–H and O–H groups in total. The summed E-state index contributed by atoms with van der Waals surface area (Å²) in [5, 5.41) is 19.8. The number of amides is 2. The Balaban J connectivity index is 1.69. The number of hydrazone groups is 1. The maximum absolute atomic E-state index is 12.4. The number of nitrogens with zero attached hydrogens (tertiary/aromatic N) is 1. The molecule has 42 heavy (non-hydrogen) atoms. The van der Waals surface area contributed by atoms with E-state index in [4.69, 9.17) is 30.1 Å². The summed E-state index contributed by atoms with van der Waals surface area (Å²) in [6, 6.07) is 7.27. The molecule has 0 bridgehead atoms. The number of benzene rings is 2. The number of methoxy groups -OCH3 is 1. The van der Waals surface area contributed by atoms with E-state index in [0.29, 0.717) is 57.5 Å². The van der Waals surface area contributed by atoms with Gasteiger partial charge in [-0.3, -0.25) is 5.43 Å². The van der Waals surface area contributed by atoms with Gasteiger partial charge in [-0.25, -0.2) is 9.59 Å². The van der Waals surface area contributed by atoms with Crippen LogP contribution in [-0.2, 0) is 9.53 Å². The highest BCUT2D eigenvalue weighted by Crippen LogP contribution is 2.37. The topological polar surface area (TPSA) is 149 Å². The highest BCUT2D eigenvalue weighted by atomic mass is 79.9. The van der Waals surface area contributed by atoms with Crippen LogP contribution in [0.3, 0.4) is 0 Å². The number of halogens is 1. The number of rotatable bonds is 14. The van der Waals surface area contributed by atoms with E-state index in [1.165, 1.54) is 13.3 Å². The quantitative estimate of drug-likeness (QED) is 0.0798. The van der Waals surface area contributed by atoms with Crippen molar-refractivity contribution in [3.05, 3.63) is 57.2 Å². The summed E-state index contributed by atoms with van der Waals surface area (Å²) >= 11 is 3.45. The molecule has 1 aliphatic rings. The lowest BCUT2D eigenvalue weighted by atomic mass is 9.95. The summed E-state index contributed by atoms with van der Waals surface area (Å²) in [5.41, 5.74) is 4.51. The molecule has 0 spiro atoms. The van der Waals surface area contributed by atoms with Crippen LogP contribution >= 0.6 is 15.9 Å². The second kappa shape index (κ2) is 15.6. The van der Waals surface area contributed by atoms with Crippen LogP contribution in [-0.4, -0.2) is 63.1 Å². The van der Waals surface area contributed by atoms with Crippen LogP contribution < -0.4 is 35.0 Å². The fourth-order valence-electron chi connectivity index (χ4n) is 4.00. The number of hydrogen-bond acceptors (Lipinski definition) is 10. The van der Waals surface area contributed by atoms with Crippen molar-refractivity contribution in [3.8, 4) is 35.3 Å². The van der Waals surface area contributed by atoms with Crippen LogP contribution in [0.25, 0.3) is 0 Å². The van der Waals surface area contributed by atoms with E-state index in [1.54, 1.807) is 44.2 Å². The van der Waals surface area contributed by atoms with Gasteiger partial charge in [0, 0.05) is 5.70 Å². The number of hydrogen-bond donors (Lipinski definition) is 4. The normalized spacial score (nSPS) is 15.3. The molecule has 2 atom stereocenters. The van der Waals surface area contributed by atoms with Gasteiger partial charge in [0.1, 0.15) is 13.2 Å². The molecule has 0 aliphatic carbocycles. The SMILES string of the molecule is C#CCOc1c(Br)cc(/C=N\N[C@H](O)COc2ccc([C@@H]3NC(=O)NC(C)=C3C(=O)OC)cc2OCC)cc1OCC. The number of nitrogens with one attached hydrogen (secondary N) is 3. The van der Waals surface area contributed by atoms with Crippen molar-refractivity contribution < 1.29 is 38.4 Å². The van der Waals surface area contributed by atoms with E-state index in [0.717, 1.165) is 0 Å². The molecular formula is C29H33BrN4O8. The number of terminal acetylenes is 1. The highest BCUT2D eigenvalue weighted by molar-refractivity contribution is 9.10. The van der Waals surface area contributed by atoms with Gasteiger partial charge in [-0.05, 0) is 72.1 Å². The maximum atomic E-state index is 12.4. The smallest absolute Gasteiger partial charge is 0.337 e. The van der Waals surface area contributed by atoms with Crippen molar-refractivity contribution in [2.45, 2.75) is 33.0 Å². The number of ether oxygens (including phenoxy) is 5. The zero-order valence-corrected chi connectivity index (χ0v) is 25.2. The maximum Gasteiger partial charge on any atom is 0.337 e. The van der Waals surface area contributed by atoms with Crippen LogP contribution in [0.5, 0.6) is 23.0 Å². The summed E-state index contributed by atoms with van der Waals surface area (Å²) in [4.78, 5) is 24.6. The monoisotopic (exact) mass is 644 g/mol. The molecule has 2 aromatic rings. The molecule has 3 rings (SSSR count). The first kappa shape index (κ1) is 32.1. The van der Waals surface area contributed by atoms with Gasteiger partial charge in [0.05, 0.1) is 42.6 Å². The molecule has 1 heterocycles. The van der Waals surface area contributed by atoms with Crippen LogP contribution in [0.4, 0.5) is 4.79 Å². The summed E-state index contributed by atoms with van der Waals surface area (Å²) < 4.78 is 28.3. The minimum atomic E-state index is -1.16. The molecule has 12 nitrogen and oxygen atoms in total. The molecule has 13 heteroatoms. The molecule has 0 radical (unpaired) electrons. The lowest BCUT2D eigenvalue weighted by molar-refractivity contribution is -0.136. The first-order valence-electron chi connectivity index (χ1n) is 13.0. The molecule has 1 aliphatic heterocycles. The summed E-state index contributed by atoms with van der Waals surface area (Å²) in [6.07, 6.45) is 5.63. The van der Waals surface area contributed by atoms with Crippen molar-refractivity contribution in [2.24, 2.45) is 5.10 Å². The second-order valence-electron chi connectivity index (χ2n) is 8.67. The highest BCUT2D eigenvalue weighted by Gasteiger charge is 2.32. The largest absolute Gasteiger partial charge is 0.490 e. The van der Waals surface area contributed by atoms with Gasteiger partial charge in [-0.2, -0.15) is 5.10 Å². The van der Waals surface area contributed by atoms with E-state index in [2.05, 4.69) is 43.0 Å². The van der Waals surface area contributed by atoms with Crippen LogP contribution in [0, 0.1) is 12.3 Å². The predicted molar refractivity (Wildman–Crippen MR) is 159 cm³/mol. The summed E-state index contributed by atoms with van der Waals surface area (Å²) in [6.45, 7) is 5.96. The van der Waals surface area contributed by atoms with Crippen molar-refractivity contribution in [2.75, 3.05) is 33.5 Å². The Kier molecular flexibility index (Phi) is 11.9. The van der Waals surface area contributed by atoms with Gasteiger partial charge in [0.15, 0.2) is 29.2 Å².